The van der Waals surface area contributed by atoms with E-state index in [1.165, 1.54) is 23.1 Å². The van der Waals surface area contributed by atoms with Crippen molar-refractivity contribution in [3.8, 4) is 5.75 Å². The number of hydrogen-bond acceptors (Lipinski definition) is 5. The molecular weight excluding hydrogens is 550 g/mol. The van der Waals surface area contributed by atoms with Crippen LogP contribution in [0.4, 0.5) is 5.69 Å². The van der Waals surface area contributed by atoms with Gasteiger partial charge in [0, 0.05) is 17.6 Å². The molecule has 0 heterocycles. The zero-order chi connectivity index (χ0) is 28.7. The standard InChI is InChI=1S/C30H34ClN3O5S/c1-22(30(36)32-25-12-6-7-13-25)33(20-23-10-8-15-27(18-23)39-2)29(35)21-34(26-14-9-11-24(31)19-26)40(37,38)28-16-4-3-5-17-28/h3-5,8-11,14-19,22,25H,6-7,12-13,20-21H2,1-2H3,(H,32,36). The lowest BCUT2D eigenvalue weighted by Gasteiger charge is -2.32. The lowest BCUT2D eigenvalue weighted by Crippen LogP contribution is -2.52. The number of nitrogens with zero attached hydrogens (tertiary/aromatic N) is 2. The van der Waals surface area contributed by atoms with Crippen molar-refractivity contribution in [2.75, 3.05) is 18.0 Å². The molecule has 8 nitrogen and oxygen atoms in total. The van der Waals surface area contributed by atoms with E-state index < -0.39 is 28.5 Å². The summed E-state index contributed by atoms with van der Waals surface area (Å²) >= 11 is 6.21. The molecule has 3 aromatic rings. The second-order valence-electron chi connectivity index (χ2n) is 9.84. The molecule has 2 amide bonds. The summed E-state index contributed by atoms with van der Waals surface area (Å²) in [6.07, 6.45) is 3.91. The fourth-order valence-electron chi connectivity index (χ4n) is 4.82. The number of halogens is 1. The first-order valence-corrected chi connectivity index (χ1v) is 15.1. The quantitative estimate of drug-likeness (QED) is 0.342. The van der Waals surface area contributed by atoms with Gasteiger partial charge >= 0.3 is 0 Å². The van der Waals surface area contributed by atoms with Crippen LogP contribution in [-0.2, 0) is 26.2 Å². The van der Waals surface area contributed by atoms with E-state index >= 15 is 0 Å². The topological polar surface area (TPSA) is 96.0 Å². The van der Waals surface area contributed by atoms with Gasteiger partial charge in [-0.2, -0.15) is 0 Å². The van der Waals surface area contributed by atoms with Crippen LogP contribution in [0, 0.1) is 0 Å². The zero-order valence-electron chi connectivity index (χ0n) is 22.6. The maximum absolute atomic E-state index is 14.0. The van der Waals surface area contributed by atoms with Crippen molar-refractivity contribution in [1.29, 1.82) is 0 Å². The molecule has 0 bridgehead atoms. The zero-order valence-corrected chi connectivity index (χ0v) is 24.2. The van der Waals surface area contributed by atoms with Crippen LogP contribution in [0.1, 0.15) is 38.2 Å². The molecule has 0 spiro atoms. The first-order chi connectivity index (χ1) is 19.2. The van der Waals surface area contributed by atoms with E-state index in [1.807, 2.05) is 6.07 Å². The van der Waals surface area contributed by atoms with Gasteiger partial charge in [0.25, 0.3) is 10.0 Å². The summed E-state index contributed by atoms with van der Waals surface area (Å²) in [6.45, 7) is 1.23. The molecule has 1 saturated carbocycles. The summed E-state index contributed by atoms with van der Waals surface area (Å²) in [6, 6.07) is 20.7. The largest absolute Gasteiger partial charge is 0.497 e. The molecule has 1 aliphatic carbocycles. The van der Waals surface area contributed by atoms with Crippen LogP contribution in [0.15, 0.2) is 83.8 Å². The number of sulfonamides is 1. The van der Waals surface area contributed by atoms with Gasteiger partial charge in [0.15, 0.2) is 0 Å². The number of nitrogens with one attached hydrogen (secondary N) is 1. The third-order valence-corrected chi connectivity index (χ3v) is 9.09. The van der Waals surface area contributed by atoms with Gasteiger partial charge in [-0.15, -0.1) is 0 Å². The van der Waals surface area contributed by atoms with E-state index in [2.05, 4.69) is 5.32 Å². The van der Waals surface area contributed by atoms with Crippen LogP contribution < -0.4 is 14.4 Å². The number of carbonyl (C=O) groups is 2. The van der Waals surface area contributed by atoms with Gasteiger partial charge in [-0.25, -0.2) is 8.42 Å². The van der Waals surface area contributed by atoms with E-state index in [1.54, 1.807) is 68.6 Å². The molecule has 1 atom stereocenters. The van der Waals surface area contributed by atoms with E-state index in [4.69, 9.17) is 16.3 Å². The molecule has 1 N–H and O–H groups in total. The number of ether oxygens (including phenoxy) is 1. The molecule has 0 aromatic heterocycles. The van der Waals surface area contributed by atoms with E-state index in [9.17, 15) is 18.0 Å². The minimum absolute atomic E-state index is 0.0362. The summed E-state index contributed by atoms with van der Waals surface area (Å²) in [5, 5.41) is 3.39. The average Bonchev–Trinajstić information content (AvgIpc) is 3.47. The van der Waals surface area contributed by atoms with Crippen molar-refractivity contribution in [2.45, 2.75) is 56.1 Å². The third-order valence-electron chi connectivity index (χ3n) is 7.06. The molecule has 0 aliphatic heterocycles. The first kappa shape index (κ1) is 29.4. The fraction of sp³-hybridized carbons (Fsp3) is 0.333. The van der Waals surface area contributed by atoms with Crippen molar-refractivity contribution in [2.24, 2.45) is 0 Å². The molecule has 4 rings (SSSR count). The molecule has 0 saturated heterocycles. The number of anilines is 1. The Balaban J connectivity index is 1.68. The Bertz CT molecular complexity index is 1430. The van der Waals surface area contributed by atoms with Crippen LogP contribution in [0.2, 0.25) is 5.02 Å². The molecule has 1 unspecified atom stereocenters. The van der Waals surface area contributed by atoms with Crippen molar-refractivity contribution in [3.63, 3.8) is 0 Å². The Morgan fingerprint density at radius 1 is 1.00 bits per heavy atom. The number of rotatable bonds is 11. The van der Waals surface area contributed by atoms with E-state index in [0.717, 1.165) is 35.6 Å². The van der Waals surface area contributed by atoms with Crippen molar-refractivity contribution >= 4 is 39.1 Å². The van der Waals surface area contributed by atoms with Gasteiger partial charge in [0.05, 0.1) is 17.7 Å². The smallest absolute Gasteiger partial charge is 0.264 e. The van der Waals surface area contributed by atoms with Crippen LogP contribution in [0.5, 0.6) is 5.75 Å². The number of amides is 2. The van der Waals surface area contributed by atoms with Crippen LogP contribution in [-0.4, -0.2) is 50.9 Å². The van der Waals surface area contributed by atoms with Gasteiger partial charge in [-0.1, -0.05) is 60.8 Å². The summed E-state index contributed by atoms with van der Waals surface area (Å²) < 4.78 is 34.0. The number of benzene rings is 3. The fourth-order valence-corrected chi connectivity index (χ4v) is 6.43. The van der Waals surface area contributed by atoms with Gasteiger partial charge in [0.1, 0.15) is 18.3 Å². The highest BCUT2D eigenvalue weighted by Crippen LogP contribution is 2.27. The second kappa shape index (κ2) is 13.2. The molecule has 1 aliphatic rings. The summed E-state index contributed by atoms with van der Waals surface area (Å²) in [5.41, 5.74) is 0.988. The molecule has 40 heavy (non-hydrogen) atoms. The van der Waals surface area contributed by atoms with Crippen molar-refractivity contribution in [1.82, 2.24) is 10.2 Å². The Morgan fingerprint density at radius 3 is 2.38 bits per heavy atom. The minimum Gasteiger partial charge on any atom is -0.497 e. The van der Waals surface area contributed by atoms with Gasteiger partial charge in [0.2, 0.25) is 11.8 Å². The van der Waals surface area contributed by atoms with Crippen LogP contribution in [0.3, 0.4) is 0 Å². The van der Waals surface area contributed by atoms with Gasteiger partial charge in [-0.3, -0.25) is 13.9 Å². The van der Waals surface area contributed by atoms with Crippen molar-refractivity contribution in [3.05, 3.63) is 89.4 Å². The molecule has 212 valence electrons. The van der Waals surface area contributed by atoms with E-state index in [0.29, 0.717) is 10.8 Å². The lowest BCUT2D eigenvalue weighted by molar-refractivity contribution is -0.139. The summed E-state index contributed by atoms with van der Waals surface area (Å²) in [5.74, 6) is -0.195. The third kappa shape index (κ3) is 7.14. The maximum Gasteiger partial charge on any atom is 0.264 e. The maximum atomic E-state index is 14.0. The Morgan fingerprint density at radius 2 is 1.70 bits per heavy atom. The number of carbonyl (C=O) groups excluding carboxylic acids is 2. The predicted octanol–water partition coefficient (Wildman–Crippen LogP) is 5.02. The highest BCUT2D eigenvalue weighted by molar-refractivity contribution is 7.92. The average molecular weight is 584 g/mol. The SMILES string of the molecule is COc1cccc(CN(C(=O)CN(c2cccc(Cl)c2)S(=O)(=O)c2ccccc2)C(C)C(=O)NC2CCCC2)c1. The number of hydrogen-bond donors (Lipinski definition) is 1. The highest BCUT2D eigenvalue weighted by atomic mass is 35.5. The Hall–Kier alpha value is -3.56. The van der Waals surface area contributed by atoms with Gasteiger partial charge in [-0.05, 0) is 67.8 Å². The normalized spacial score (nSPS) is 14.4. The Kier molecular flexibility index (Phi) is 9.71. The monoisotopic (exact) mass is 583 g/mol. The van der Waals surface area contributed by atoms with Gasteiger partial charge < -0.3 is 15.0 Å². The van der Waals surface area contributed by atoms with Crippen molar-refractivity contribution < 1.29 is 22.7 Å². The van der Waals surface area contributed by atoms with Crippen LogP contribution in [0.25, 0.3) is 0 Å². The first-order valence-electron chi connectivity index (χ1n) is 13.2. The Labute approximate surface area is 240 Å². The second-order valence-corrected chi connectivity index (χ2v) is 12.1. The molecular formula is C30H34ClN3O5S. The highest BCUT2D eigenvalue weighted by Gasteiger charge is 2.33. The summed E-state index contributed by atoms with van der Waals surface area (Å²) in [7, 11) is -2.59. The molecule has 1 fully saturated rings. The minimum atomic E-state index is -4.14. The molecule has 3 aromatic carbocycles. The molecule has 10 heteroatoms. The lowest BCUT2D eigenvalue weighted by atomic mass is 10.1. The molecule has 0 radical (unpaired) electrons. The number of methoxy groups -OCH3 is 1. The summed E-state index contributed by atoms with van der Waals surface area (Å²) in [4.78, 5) is 28.8. The predicted molar refractivity (Wildman–Crippen MR) is 156 cm³/mol. The van der Waals surface area contributed by atoms with E-state index in [-0.39, 0.29) is 29.1 Å². The van der Waals surface area contributed by atoms with Crippen LogP contribution >= 0.6 is 11.6 Å².